The van der Waals surface area contributed by atoms with Crippen LogP contribution in [0.4, 0.5) is 5.82 Å². The van der Waals surface area contributed by atoms with E-state index in [-0.39, 0.29) is 5.92 Å². The van der Waals surface area contributed by atoms with Gasteiger partial charge in [0.15, 0.2) is 0 Å². The van der Waals surface area contributed by atoms with Crippen LogP contribution in [0.1, 0.15) is 0 Å². The maximum absolute atomic E-state index is 8.61. The molecule has 2 heterocycles. The second-order valence-electron chi connectivity index (χ2n) is 3.04. The number of pyridine rings is 1. The molecular weight excluding hydrogens is 230 g/mol. The van der Waals surface area contributed by atoms with Crippen LogP contribution < -0.4 is 4.90 Å². The number of rotatable bonds is 1. The Hall–Kier alpha value is -1.08. The van der Waals surface area contributed by atoms with Gasteiger partial charge >= 0.3 is 0 Å². The van der Waals surface area contributed by atoms with Crippen molar-refractivity contribution in [3.8, 4) is 6.07 Å². The second-order valence-corrected chi connectivity index (χ2v) is 3.89. The number of nitrogens with zero attached hydrogens (tertiary/aromatic N) is 3. The van der Waals surface area contributed by atoms with Crippen molar-refractivity contribution in [3.05, 3.63) is 22.8 Å². The van der Waals surface area contributed by atoms with E-state index in [1.54, 1.807) is 6.20 Å². The third kappa shape index (κ3) is 1.52. The lowest BCUT2D eigenvalue weighted by Gasteiger charge is -2.36. The molecule has 3 nitrogen and oxygen atoms in total. The van der Waals surface area contributed by atoms with Crippen LogP contribution in [0.25, 0.3) is 0 Å². The number of aromatic nitrogens is 1. The molecule has 0 bridgehead atoms. The Morgan fingerprint density at radius 1 is 1.62 bits per heavy atom. The van der Waals surface area contributed by atoms with Crippen molar-refractivity contribution in [1.82, 2.24) is 4.98 Å². The molecule has 1 aliphatic heterocycles. The summed E-state index contributed by atoms with van der Waals surface area (Å²) >= 11 is 3.43. The van der Waals surface area contributed by atoms with Crippen molar-refractivity contribution >= 4 is 21.7 Å². The third-order valence-electron chi connectivity index (χ3n) is 2.10. The van der Waals surface area contributed by atoms with E-state index in [4.69, 9.17) is 5.26 Å². The highest BCUT2D eigenvalue weighted by molar-refractivity contribution is 9.10. The summed E-state index contributed by atoms with van der Waals surface area (Å²) in [6, 6.07) is 6.08. The third-order valence-corrected chi connectivity index (χ3v) is 2.72. The first-order valence-electron chi connectivity index (χ1n) is 4.06. The molecule has 0 aliphatic carbocycles. The van der Waals surface area contributed by atoms with Crippen molar-refractivity contribution in [2.75, 3.05) is 18.0 Å². The van der Waals surface area contributed by atoms with E-state index in [9.17, 15) is 0 Å². The van der Waals surface area contributed by atoms with Crippen LogP contribution in [0.2, 0.25) is 0 Å². The predicted octanol–water partition coefficient (Wildman–Crippen LogP) is 1.80. The van der Waals surface area contributed by atoms with Gasteiger partial charge in [-0.3, -0.25) is 0 Å². The Labute approximate surface area is 85.1 Å². The highest BCUT2D eigenvalue weighted by atomic mass is 79.9. The van der Waals surface area contributed by atoms with Gasteiger partial charge in [0, 0.05) is 19.3 Å². The number of nitriles is 1. The zero-order valence-corrected chi connectivity index (χ0v) is 8.53. The first kappa shape index (κ1) is 8.52. The van der Waals surface area contributed by atoms with E-state index >= 15 is 0 Å². The highest BCUT2D eigenvalue weighted by Gasteiger charge is 2.28. The molecule has 1 aromatic rings. The minimum atomic E-state index is 0.175. The summed E-state index contributed by atoms with van der Waals surface area (Å²) in [5.41, 5.74) is 0. The minimum Gasteiger partial charge on any atom is -0.353 e. The van der Waals surface area contributed by atoms with Crippen LogP contribution in [0.5, 0.6) is 0 Å². The van der Waals surface area contributed by atoms with Crippen molar-refractivity contribution in [2.45, 2.75) is 0 Å². The summed E-state index contributed by atoms with van der Waals surface area (Å²) in [5.74, 6) is 1.11. The largest absolute Gasteiger partial charge is 0.353 e. The smallest absolute Gasteiger partial charge is 0.142 e. The van der Waals surface area contributed by atoms with E-state index in [0.717, 1.165) is 23.4 Å². The number of hydrogen-bond acceptors (Lipinski definition) is 3. The van der Waals surface area contributed by atoms with Gasteiger partial charge in [0.1, 0.15) is 5.82 Å². The van der Waals surface area contributed by atoms with E-state index < -0.39 is 0 Å². The maximum atomic E-state index is 8.61. The SMILES string of the molecule is N#CC1CN(c2ncccc2Br)C1. The molecule has 1 fully saturated rings. The van der Waals surface area contributed by atoms with Crippen LogP contribution >= 0.6 is 15.9 Å². The van der Waals surface area contributed by atoms with Crippen LogP contribution in [0.3, 0.4) is 0 Å². The van der Waals surface area contributed by atoms with Gasteiger partial charge in [-0.1, -0.05) is 0 Å². The summed E-state index contributed by atoms with van der Waals surface area (Å²) in [4.78, 5) is 6.33. The standard InChI is InChI=1S/C9H8BrN3/c10-8-2-1-3-12-9(8)13-5-7(4-11)6-13/h1-3,7H,5-6H2. The molecule has 4 heteroatoms. The van der Waals surface area contributed by atoms with Crippen LogP contribution in [-0.2, 0) is 0 Å². The van der Waals surface area contributed by atoms with Gasteiger partial charge in [0.25, 0.3) is 0 Å². The van der Waals surface area contributed by atoms with Crippen LogP contribution in [0, 0.1) is 17.2 Å². The monoisotopic (exact) mass is 237 g/mol. The van der Waals surface area contributed by atoms with Crippen molar-refractivity contribution in [1.29, 1.82) is 5.26 Å². The molecule has 0 radical (unpaired) electrons. The first-order valence-corrected chi connectivity index (χ1v) is 4.85. The molecule has 13 heavy (non-hydrogen) atoms. The fourth-order valence-corrected chi connectivity index (χ4v) is 1.85. The van der Waals surface area contributed by atoms with E-state index in [2.05, 4.69) is 31.9 Å². The lowest BCUT2D eigenvalue weighted by atomic mass is 10.0. The molecule has 2 rings (SSSR count). The fourth-order valence-electron chi connectivity index (χ4n) is 1.34. The highest BCUT2D eigenvalue weighted by Crippen LogP contribution is 2.28. The Balaban J connectivity index is 2.12. The van der Waals surface area contributed by atoms with Gasteiger partial charge in [-0.2, -0.15) is 5.26 Å². The summed E-state index contributed by atoms with van der Waals surface area (Å²) in [5, 5.41) is 8.61. The van der Waals surface area contributed by atoms with Gasteiger partial charge in [-0.25, -0.2) is 4.98 Å². The normalized spacial score (nSPS) is 16.5. The van der Waals surface area contributed by atoms with Gasteiger partial charge < -0.3 is 4.90 Å². The Kier molecular flexibility index (Phi) is 2.19. The molecule has 1 aromatic heterocycles. The Morgan fingerprint density at radius 2 is 2.38 bits per heavy atom. The van der Waals surface area contributed by atoms with Crippen molar-refractivity contribution in [2.24, 2.45) is 5.92 Å². The molecule has 0 N–H and O–H groups in total. The number of halogens is 1. The molecule has 0 amide bonds. The lowest BCUT2D eigenvalue weighted by molar-refractivity contribution is 0.499. The second kappa shape index (κ2) is 3.35. The van der Waals surface area contributed by atoms with Gasteiger partial charge in [-0.15, -0.1) is 0 Å². The molecule has 0 saturated carbocycles. The van der Waals surface area contributed by atoms with Gasteiger partial charge in [0.2, 0.25) is 0 Å². The molecule has 0 atom stereocenters. The molecule has 1 saturated heterocycles. The number of hydrogen-bond donors (Lipinski definition) is 0. The van der Waals surface area contributed by atoms with Gasteiger partial charge in [-0.05, 0) is 28.1 Å². The molecular formula is C9H8BrN3. The van der Waals surface area contributed by atoms with Crippen molar-refractivity contribution in [3.63, 3.8) is 0 Å². The summed E-state index contributed by atoms with van der Waals surface area (Å²) in [7, 11) is 0. The predicted molar refractivity (Wildman–Crippen MR) is 53.3 cm³/mol. The van der Waals surface area contributed by atoms with Crippen LogP contribution in [0.15, 0.2) is 22.8 Å². The minimum absolute atomic E-state index is 0.175. The van der Waals surface area contributed by atoms with Crippen LogP contribution in [-0.4, -0.2) is 18.1 Å². The fraction of sp³-hybridized carbons (Fsp3) is 0.333. The Bertz CT molecular complexity index is 352. The van der Waals surface area contributed by atoms with E-state index in [0.29, 0.717) is 0 Å². The zero-order valence-electron chi connectivity index (χ0n) is 6.94. The quantitative estimate of drug-likeness (QED) is 0.748. The van der Waals surface area contributed by atoms with Crippen molar-refractivity contribution < 1.29 is 0 Å². The average Bonchev–Trinajstić information content (AvgIpc) is 2.06. The average molecular weight is 238 g/mol. The summed E-state index contributed by atoms with van der Waals surface area (Å²) in [6.07, 6.45) is 1.76. The molecule has 0 unspecified atom stereocenters. The molecule has 1 aliphatic rings. The van der Waals surface area contributed by atoms with E-state index in [1.807, 2.05) is 12.1 Å². The molecule has 66 valence electrons. The topological polar surface area (TPSA) is 39.9 Å². The summed E-state index contributed by atoms with van der Waals surface area (Å²) in [6.45, 7) is 1.60. The number of anilines is 1. The van der Waals surface area contributed by atoms with Gasteiger partial charge in [0.05, 0.1) is 16.5 Å². The molecule has 0 spiro atoms. The zero-order chi connectivity index (χ0) is 9.26. The first-order chi connectivity index (χ1) is 6.31. The Morgan fingerprint density at radius 3 is 3.00 bits per heavy atom. The maximum Gasteiger partial charge on any atom is 0.142 e. The lowest BCUT2D eigenvalue weighted by Crippen LogP contribution is -2.46. The summed E-state index contributed by atoms with van der Waals surface area (Å²) < 4.78 is 0.992. The van der Waals surface area contributed by atoms with E-state index in [1.165, 1.54) is 0 Å². The molecule has 0 aromatic carbocycles.